The number of hydrogen-bond acceptors (Lipinski definition) is 6. The van der Waals surface area contributed by atoms with Crippen molar-refractivity contribution in [3.05, 3.63) is 59.4 Å². The van der Waals surface area contributed by atoms with Crippen LogP contribution in [-0.4, -0.2) is 90.8 Å². The van der Waals surface area contributed by atoms with Crippen molar-refractivity contribution >= 4 is 17.8 Å². The van der Waals surface area contributed by atoms with Crippen LogP contribution in [0.2, 0.25) is 0 Å². The lowest BCUT2D eigenvalue weighted by Crippen LogP contribution is -2.75. The molecule has 2 fully saturated rings. The molecule has 2 aromatic rings. The highest BCUT2D eigenvalue weighted by Gasteiger charge is 2.49. The third kappa shape index (κ3) is 5.46. The number of halogens is 1. The molecule has 37 heavy (non-hydrogen) atoms. The van der Waals surface area contributed by atoms with Crippen LogP contribution in [0.1, 0.15) is 18.1 Å². The van der Waals surface area contributed by atoms with E-state index in [1.165, 1.54) is 22.0 Å². The summed E-state index contributed by atoms with van der Waals surface area (Å²) >= 11 is 0. The highest BCUT2D eigenvalue weighted by atomic mass is 19.1. The van der Waals surface area contributed by atoms with Gasteiger partial charge in [0.05, 0.1) is 27.3 Å². The Labute approximate surface area is 215 Å². The molecule has 0 bridgehead atoms. The normalized spacial score (nSPS) is 20.1. The maximum Gasteiger partial charge on any atom is 0.334 e. The summed E-state index contributed by atoms with van der Waals surface area (Å²) in [5.41, 5.74) is 1.71. The quantitative estimate of drug-likeness (QED) is 0.607. The number of likely N-dealkylation sites (N-methyl/N-ethyl adjacent to an activating group) is 1. The van der Waals surface area contributed by atoms with Gasteiger partial charge in [-0.1, -0.05) is 18.2 Å². The summed E-state index contributed by atoms with van der Waals surface area (Å²) in [5, 5.41) is 5.90. The molecule has 1 N–H and O–H groups in total. The number of piperazine rings is 1. The van der Waals surface area contributed by atoms with Crippen molar-refractivity contribution in [1.29, 1.82) is 0 Å². The lowest BCUT2D eigenvalue weighted by molar-refractivity contribution is -0.185. The Hall–Kier alpha value is -3.86. The van der Waals surface area contributed by atoms with Gasteiger partial charge in [0, 0.05) is 20.1 Å². The van der Waals surface area contributed by atoms with Gasteiger partial charge in [-0.2, -0.15) is 0 Å². The summed E-state index contributed by atoms with van der Waals surface area (Å²) in [6.07, 6.45) is -0.0934. The SMILES string of the molecule is COc1ccc(CCN2C[C@H]3N(C(=O)CN(C)N3C(=O)NCc3ccc(F)cc3)[C@@H](C)C2=O)cc1OC. The van der Waals surface area contributed by atoms with Gasteiger partial charge in [0.2, 0.25) is 11.8 Å². The first-order chi connectivity index (χ1) is 17.7. The molecule has 0 unspecified atom stereocenters. The van der Waals surface area contributed by atoms with Crippen molar-refractivity contribution in [1.82, 2.24) is 25.1 Å². The van der Waals surface area contributed by atoms with E-state index in [2.05, 4.69) is 5.32 Å². The fourth-order valence-corrected chi connectivity index (χ4v) is 4.83. The number of fused-ring (bicyclic) bond motifs is 1. The number of methoxy groups -OCH3 is 2. The molecule has 0 saturated carbocycles. The lowest BCUT2D eigenvalue weighted by Gasteiger charge is -2.53. The Bertz CT molecular complexity index is 1160. The molecule has 2 heterocycles. The monoisotopic (exact) mass is 513 g/mol. The summed E-state index contributed by atoms with van der Waals surface area (Å²) in [5.74, 6) is 0.495. The summed E-state index contributed by atoms with van der Waals surface area (Å²) < 4.78 is 23.9. The largest absolute Gasteiger partial charge is 0.493 e. The van der Waals surface area contributed by atoms with Gasteiger partial charge in [-0.25, -0.2) is 19.2 Å². The lowest BCUT2D eigenvalue weighted by atomic mass is 10.1. The Morgan fingerprint density at radius 3 is 2.41 bits per heavy atom. The van der Waals surface area contributed by atoms with E-state index in [1.807, 2.05) is 18.2 Å². The molecular weight excluding hydrogens is 481 g/mol. The van der Waals surface area contributed by atoms with E-state index in [4.69, 9.17) is 9.47 Å². The number of hydrazine groups is 1. The zero-order chi connectivity index (χ0) is 26.7. The molecular formula is C26H32FN5O5. The Morgan fingerprint density at radius 2 is 1.73 bits per heavy atom. The summed E-state index contributed by atoms with van der Waals surface area (Å²) in [6.45, 7) is 2.45. The van der Waals surface area contributed by atoms with E-state index in [-0.39, 0.29) is 37.3 Å². The van der Waals surface area contributed by atoms with Crippen LogP contribution in [0.4, 0.5) is 9.18 Å². The Kier molecular flexibility index (Phi) is 7.82. The number of hydrogen-bond donors (Lipinski definition) is 1. The second-order valence-electron chi connectivity index (χ2n) is 9.13. The zero-order valence-corrected chi connectivity index (χ0v) is 21.4. The van der Waals surface area contributed by atoms with Gasteiger partial charge in [0.15, 0.2) is 11.5 Å². The number of benzene rings is 2. The summed E-state index contributed by atoms with van der Waals surface area (Å²) in [6, 6.07) is 10.4. The van der Waals surface area contributed by atoms with Crippen molar-refractivity contribution in [2.24, 2.45) is 0 Å². The van der Waals surface area contributed by atoms with Gasteiger partial charge in [-0.05, 0) is 48.7 Å². The molecule has 2 atom stereocenters. The van der Waals surface area contributed by atoms with Crippen molar-refractivity contribution in [2.45, 2.75) is 32.1 Å². The van der Waals surface area contributed by atoms with Crippen LogP contribution in [0.3, 0.4) is 0 Å². The second-order valence-corrected chi connectivity index (χ2v) is 9.13. The molecule has 4 rings (SSSR count). The first kappa shape index (κ1) is 26.2. The van der Waals surface area contributed by atoms with Crippen molar-refractivity contribution < 1.29 is 28.2 Å². The van der Waals surface area contributed by atoms with Crippen LogP contribution in [0.25, 0.3) is 0 Å². The smallest absolute Gasteiger partial charge is 0.334 e. The fourth-order valence-electron chi connectivity index (χ4n) is 4.83. The summed E-state index contributed by atoms with van der Waals surface area (Å²) in [7, 11) is 4.81. The average Bonchev–Trinajstić information content (AvgIpc) is 2.88. The third-order valence-corrected chi connectivity index (χ3v) is 6.78. The van der Waals surface area contributed by atoms with Crippen LogP contribution in [0.5, 0.6) is 11.5 Å². The minimum atomic E-state index is -0.710. The molecule has 0 radical (unpaired) electrons. The third-order valence-electron chi connectivity index (χ3n) is 6.78. The Balaban J connectivity index is 1.49. The van der Waals surface area contributed by atoms with Gasteiger partial charge in [0.1, 0.15) is 18.0 Å². The van der Waals surface area contributed by atoms with Gasteiger partial charge >= 0.3 is 6.03 Å². The van der Waals surface area contributed by atoms with E-state index >= 15 is 0 Å². The van der Waals surface area contributed by atoms with Gasteiger partial charge in [-0.3, -0.25) is 9.59 Å². The molecule has 198 valence electrons. The standard InChI is InChI=1S/C26H32FN5O5/c1-17-25(34)30(12-11-18-7-10-21(36-3)22(13-18)37-4)15-23-31(17)24(33)16-29(2)32(23)26(35)28-14-19-5-8-20(27)9-6-19/h5-10,13,17,23H,11-12,14-16H2,1-4H3,(H,28,35)/t17-,23-/m0/s1. The molecule has 11 heteroatoms. The molecule has 0 aliphatic carbocycles. The molecule has 2 aromatic carbocycles. The van der Waals surface area contributed by atoms with Gasteiger partial charge in [-0.15, -0.1) is 0 Å². The average molecular weight is 514 g/mol. The predicted molar refractivity (Wildman–Crippen MR) is 133 cm³/mol. The molecule has 10 nitrogen and oxygen atoms in total. The zero-order valence-electron chi connectivity index (χ0n) is 21.4. The van der Waals surface area contributed by atoms with Crippen LogP contribution >= 0.6 is 0 Å². The summed E-state index contributed by atoms with van der Waals surface area (Å²) in [4.78, 5) is 42.5. The van der Waals surface area contributed by atoms with Gasteiger partial charge in [0.25, 0.3) is 0 Å². The van der Waals surface area contributed by atoms with E-state index < -0.39 is 18.2 Å². The first-order valence-electron chi connectivity index (χ1n) is 12.1. The highest BCUT2D eigenvalue weighted by Crippen LogP contribution is 2.29. The van der Waals surface area contributed by atoms with Crippen LogP contribution in [0.15, 0.2) is 42.5 Å². The number of urea groups is 1. The fraction of sp³-hybridized carbons (Fsp3) is 0.423. The number of amides is 4. The predicted octanol–water partition coefficient (Wildman–Crippen LogP) is 1.84. The topological polar surface area (TPSA) is 94.7 Å². The van der Waals surface area contributed by atoms with Crippen molar-refractivity contribution in [3.63, 3.8) is 0 Å². The van der Waals surface area contributed by atoms with E-state index in [9.17, 15) is 18.8 Å². The molecule has 2 aliphatic rings. The van der Waals surface area contributed by atoms with Crippen LogP contribution in [-0.2, 0) is 22.6 Å². The number of nitrogens with one attached hydrogen (secondary N) is 1. The second kappa shape index (κ2) is 11.0. The minimum Gasteiger partial charge on any atom is -0.493 e. The maximum absolute atomic E-state index is 13.2. The molecule has 0 aromatic heterocycles. The van der Waals surface area contributed by atoms with E-state index in [1.54, 1.807) is 50.2 Å². The number of nitrogens with zero attached hydrogens (tertiary/aromatic N) is 4. The van der Waals surface area contributed by atoms with Crippen LogP contribution < -0.4 is 14.8 Å². The van der Waals surface area contributed by atoms with Crippen molar-refractivity contribution in [2.75, 3.05) is 40.9 Å². The van der Waals surface area contributed by atoms with E-state index in [0.717, 1.165) is 11.1 Å². The maximum atomic E-state index is 13.2. The molecule has 0 spiro atoms. The molecule has 2 aliphatic heterocycles. The highest BCUT2D eigenvalue weighted by molar-refractivity contribution is 5.91. The number of carbonyl (C=O) groups is 3. The van der Waals surface area contributed by atoms with Crippen molar-refractivity contribution in [3.8, 4) is 11.5 Å². The van der Waals surface area contributed by atoms with Crippen LogP contribution in [0, 0.1) is 5.82 Å². The van der Waals surface area contributed by atoms with Gasteiger partial charge < -0.3 is 24.6 Å². The number of carbonyl (C=O) groups excluding carboxylic acids is 3. The number of rotatable bonds is 7. The molecule has 2 saturated heterocycles. The minimum absolute atomic E-state index is 0.0241. The first-order valence-corrected chi connectivity index (χ1v) is 12.1. The Morgan fingerprint density at radius 1 is 1.05 bits per heavy atom. The van der Waals surface area contributed by atoms with E-state index in [0.29, 0.717) is 24.5 Å². The number of ether oxygens (including phenoxy) is 2. The molecule has 4 amide bonds.